The standard InChI is InChI=1S/C13H17N5O2/c1-9-12(10(2)20-16-9)13(19)17-7-3-11(4-8-17)18-14-5-6-15-18/h5-6,11H,3-4,7-8H2,1-2H3. The molecule has 0 bridgehead atoms. The van der Waals surface area contributed by atoms with E-state index in [1.807, 2.05) is 4.90 Å². The van der Waals surface area contributed by atoms with E-state index in [0.29, 0.717) is 30.1 Å². The predicted molar refractivity (Wildman–Crippen MR) is 70.2 cm³/mol. The number of hydrogen-bond acceptors (Lipinski definition) is 5. The van der Waals surface area contributed by atoms with Crippen LogP contribution in [0.5, 0.6) is 0 Å². The molecule has 3 heterocycles. The van der Waals surface area contributed by atoms with Gasteiger partial charge in [-0.3, -0.25) is 4.79 Å². The van der Waals surface area contributed by atoms with Crippen LogP contribution in [-0.4, -0.2) is 44.0 Å². The Hall–Kier alpha value is -2.18. The van der Waals surface area contributed by atoms with Crippen LogP contribution in [-0.2, 0) is 0 Å². The van der Waals surface area contributed by atoms with E-state index in [0.717, 1.165) is 12.8 Å². The van der Waals surface area contributed by atoms with E-state index in [-0.39, 0.29) is 11.9 Å². The van der Waals surface area contributed by atoms with Gasteiger partial charge in [0.05, 0.1) is 24.1 Å². The Balaban J connectivity index is 1.68. The van der Waals surface area contributed by atoms with Crippen LogP contribution in [0.4, 0.5) is 0 Å². The van der Waals surface area contributed by atoms with Gasteiger partial charge >= 0.3 is 0 Å². The van der Waals surface area contributed by atoms with Crippen molar-refractivity contribution in [2.24, 2.45) is 0 Å². The Morgan fingerprint density at radius 2 is 1.90 bits per heavy atom. The van der Waals surface area contributed by atoms with Crippen molar-refractivity contribution in [2.45, 2.75) is 32.7 Å². The molecule has 0 aliphatic carbocycles. The van der Waals surface area contributed by atoms with E-state index in [4.69, 9.17) is 4.52 Å². The number of nitrogens with zero attached hydrogens (tertiary/aromatic N) is 5. The lowest BCUT2D eigenvalue weighted by Crippen LogP contribution is -2.39. The van der Waals surface area contributed by atoms with Crippen LogP contribution in [0.2, 0.25) is 0 Å². The summed E-state index contributed by atoms with van der Waals surface area (Å²) in [6.07, 6.45) is 5.09. The number of hydrogen-bond donors (Lipinski definition) is 0. The van der Waals surface area contributed by atoms with Gasteiger partial charge in [0.2, 0.25) is 0 Å². The molecule has 2 aromatic heterocycles. The van der Waals surface area contributed by atoms with Gasteiger partial charge in [-0.25, -0.2) is 0 Å². The molecule has 2 aromatic rings. The third-order valence-corrected chi connectivity index (χ3v) is 3.76. The molecule has 1 amide bonds. The van der Waals surface area contributed by atoms with E-state index in [1.165, 1.54) is 0 Å². The molecule has 1 saturated heterocycles. The Morgan fingerprint density at radius 1 is 1.25 bits per heavy atom. The van der Waals surface area contributed by atoms with Gasteiger partial charge in [0.1, 0.15) is 11.3 Å². The van der Waals surface area contributed by atoms with Gasteiger partial charge in [-0.15, -0.1) is 0 Å². The maximum Gasteiger partial charge on any atom is 0.259 e. The normalized spacial score (nSPS) is 16.6. The number of piperidine rings is 1. The van der Waals surface area contributed by atoms with Crippen LogP contribution in [0.25, 0.3) is 0 Å². The highest BCUT2D eigenvalue weighted by Crippen LogP contribution is 2.23. The van der Waals surface area contributed by atoms with E-state index < -0.39 is 0 Å². The second-order valence-electron chi connectivity index (χ2n) is 5.07. The van der Waals surface area contributed by atoms with E-state index in [2.05, 4.69) is 15.4 Å². The monoisotopic (exact) mass is 275 g/mol. The highest BCUT2D eigenvalue weighted by molar-refractivity contribution is 5.96. The van der Waals surface area contributed by atoms with Crippen molar-refractivity contribution in [1.29, 1.82) is 0 Å². The van der Waals surface area contributed by atoms with Gasteiger partial charge < -0.3 is 9.42 Å². The van der Waals surface area contributed by atoms with E-state index in [9.17, 15) is 4.79 Å². The molecule has 1 fully saturated rings. The molecule has 7 heteroatoms. The smallest absolute Gasteiger partial charge is 0.259 e. The first-order valence-corrected chi connectivity index (χ1v) is 6.74. The molecular weight excluding hydrogens is 258 g/mol. The van der Waals surface area contributed by atoms with Gasteiger partial charge in [-0.2, -0.15) is 15.0 Å². The lowest BCUT2D eigenvalue weighted by Gasteiger charge is -2.31. The fourth-order valence-electron chi connectivity index (χ4n) is 2.66. The minimum atomic E-state index is 0.00752. The predicted octanol–water partition coefficient (Wildman–Crippen LogP) is 1.36. The zero-order valence-electron chi connectivity index (χ0n) is 11.6. The summed E-state index contributed by atoms with van der Waals surface area (Å²) in [6, 6.07) is 0.277. The van der Waals surface area contributed by atoms with Crippen molar-refractivity contribution < 1.29 is 9.32 Å². The summed E-state index contributed by atoms with van der Waals surface area (Å²) < 4.78 is 5.07. The average molecular weight is 275 g/mol. The number of rotatable bonds is 2. The number of aromatic nitrogens is 4. The fraction of sp³-hybridized carbons (Fsp3) is 0.538. The minimum absolute atomic E-state index is 0.00752. The Bertz CT molecular complexity index is 577. The van der Waals surface area contributed by atoms with Crippen LogP contribution in [0.3, 0.4) is 0 Å². The van der Waals surface area contributed by atoms with Crippen LogP contribution < -0.4 is 0 Å². The van der Waals surface area contributed by atoms with Crippen molar-refractivity contribution in [1.82, 2.24) is 25.1 Å². The van der Waals surface area contributed by atoms with Crippen molar-refractivity contribution >= 4 is 5.91 Å². The molecule has 0 N–H and O–H groups in total. The first-order chi connectivity index (χ1) is 9.66. The van der Waals surface area contributed by atoms with Crippen LogP contribution >= 0.6 is 0 Å². The maximum absolute atomic E-state index is 12.5. The summed E-state index contributed by atoms with van der Waals surface area (Å²) in [4.78, 5) is 16.1. The van der Waals surface area contributed by atoms with E-state index >= 15 is 0 Å². The molecule has 0 unspecified atom stereocenters. The largest absolute Gasteiger partial charge is 0.361 e. The average Bonchev–Trinajstić information content (AvgIpc) is 3.09. The summed E-state index contributed by atoms with van der Waals surface area (Å²) in [5, 5.41) is 12.2. The van der Waals surface area contributed by atoms with Crippen molar-refractivity contribution in [2.75, 3.05) is 13.1 Å². The number of carbonyl (C=O) groups excluding carboxylic acids is 1. The quantitative estimate of drug-likeness (QED) is 0.827. The third-order valence-electron chi connectivity index (χ3n) is 3.76. The zero-order valence-corrected chi connectivity index (χ0v) is 11.6. The summed E-state index contributed by atoms with van der Waals surface area (Å²) in [7, 11) is 0. The SMILES string of the molecule is Cc1noc(C)c1C(=O)N1CCC(n2nccn2)CC1. The first-order valence-electron chi connectivity index (χ1n) is 6.74. The molecule has 3 rings (SSSR count). The van der Waals surface area contributed by atoms with Gasteiger partial charge in [-0.1, -0.05) is 5.16 Å². The zero-order chi connectivity index (χ0) is 14.1. The summed E-state index contributed by atoms with van der Waals surface area (Å²) in [5.74, 6) is 0.594. The summed E-state index contributed by atoms with van der Waals surface area (Å²) in [6.45, 7) is 4.97. The summed E-state index contributed by atoms with van der Waals surface area (Å²) in [5.41, 5.74) is 1.25. The molecule has 0 radical (unpaired) electrons. The third kappa shape index (κ3) is 2.19. The van der Waals surface area contributed by atoms with Crippen molar-refractivity contribution in [3.05, 3.63) is 29.4 Å². The second kappa shape index (κ2) is 5.07. The molecule has 0 aromatic carbocycles. The number of carbonyl (C=O) groups is 1. The Labute approximate surface area is 116 Å². The Kier molecular flexibility index (Phi) is 3.25. The highest BCUT2D eigenvalue weighted by Gasteiger charge is 2.28. The minimum Gasteiger partial charge on any atom is -0.361 e. The molecule has 7 nitrogen and oxygen atoms in total. The van der Waals surface area contributed by atoms with Gasteiger partial charge in [0, 0.05) is 13.1 Å². The lowest BCUT2D eigenvalue weighted by atomic mass is 10.0. The summed E-state index contributed by atoms with van der Waals surface area (Å²) >= 11 is 0. The fourth-order valence-corrected chi connectivity index (χ4v) is 2.66. The van der Waals surface area contributed by atoms with Gasteiger partial charge in [0.25, 0.3) is 5.91 Å². The lowest BCUT2D eigenvalue weighted by molar-refractivity contribution is 0.0681. The van der Waals surface area contributed by atoms with E-state index in [1.54, 1.807) is 31.0 Å². The van der Waals surface area contributed by atoms with Gasteiger partial charge in [0.15, 0.2) is 0 Å². The molecule has 1 aliphatic heterocycles. The van der Waals surface area contributed by atoms with Gasteiger partial charge in [-0.05, 0) is 26.7 Å². The molecule has 106 valence electrons. The molecule has 0 saturated carbocycles. The molecular formula is C13H17N5O2. The van der Waals surface area contributed by atoms with Crippen molar-refractivity contribution in [3.8, 4) is 0 Å². The molecule has 0 atom stereocenters. The molecule has 0 spiro atoms. The number of aryl methyl sites for hydroxylation is 2. The number of likely N-dealkylation sites (tertiary alicyclic amines) is 1. The second-order valence-corrected chi connectivity index (χ2v) is 5.07. The highest BCUT2D eigenvalue weighted by atomic mass is 16.5. The first kappa shape index (κ1) is 12.8. The van der Waals surface area contributed by atoms with Crippen LogP contribution in [0.1, 0.15) is 40.7 Å². The maximum atomic E-state index is 12.5. The van der Waals surface area contributed by atoms with Crippen LogP contribution in [0.15, 0.2) is 16.9 Å². The Morgan fingerprint density at radius 3 is 2.45 bits per heavy atom. The molecule has 20 heavy (non-hydrogen) atoms. The topological polar surface area (TPSA) is 77.0 Å². The van der Waals surface area contributed by atoms with Crippen molar-refractivity contribution in [3.63, 3.8) is 0 Å². The van der Waals surface area contributed by atoms with Crippen LogP contribution in [0, 0.1) is 13.8 Å². The number of amides is 1. The molecule has 1 aliphatic rings.